The van der Waals surface area contributed by atoms with Crippen molar-refractivity contribution in [2.75, 3.05) is 20.1 Å². The van der Waals surface area contributed by atoms with Gasteiger partial charge in [-0.3, -0.25) is 0 Å². The van der Waals surface area contributed by atoms with Crippen LogP contribution in [0.2, 0.25) is 0 Å². The molecule has 1 unspecified atom stereocenters. The van der Waals surface area contributed by atoms with Crippen molar-refractivity contribution in [3.8, 4) is 0 Å². The first-order chi connectivity index (χ1) is 7.30. The minimum absolute atomic E-state index is 0.133. The van der Waals surface area contributed by atoms with Crippen LogP contribution >= 0.6 is 0 Å². The summed E-state index contributed by atoms with van der Waals surface area (Å²) in [5.41, 5.74) is 0. The molecule has 0 spiro atoms. The van der Waals surface area contributed by atoms with Gasteiger partial charge in [-0.05, 0) is 38.9 Å². The van der Waals surface area contributed by atoms with Gasteiger partial charge in [-0.1, -0.05) is 13.8 Å². The number of hydrogen-bond donors (Lipinski definition) is 1. The quantitative estimate of drug-likeness (QED) is 0.811. The lowest BCUT2D eigenvalue weighted by Gasteiger charge is -2.36. The minimum atomic E-state index is -4.13. The summed E-state index contributed by atoms with van der Waals surface area (Å²) in [6.45, 7) is 5.04. The van der Waals surface area contributed by atoms with Gasteiger partial charge in [0.25, 0.3) is 0 Å². The van der Waals surface area contributed by atoms with Crippen molar-refractivity contribution in [3.05, 3.63) is 0 Å². The highest BCUT2D eigenvalue weighted by atomic mass is 19.4. The number of halogens is 3. The SMILES string of the molecule is CC(C)NC(C1CCN(C)CC1)C(F)(F)F. The van der Waals surface area contributed by atoms with E-state index in [0.717, 1.165) is 13.1 Å². The van der Waals surface area contributed by atoms with Gasteiger partial charge < -0.3 is 10.2 Å². The van der Waals surface area contributed by atoms with Gasteiger partial charge in [0, 0.05) is 6.04 Å². The maximum Gasteiger partial charge on any atom is 0.404 e. The summed E-state index contributed by atoms with van der Waals surface area (Å²) in [5.74, 6) is -0.279. The predicted octanol–water partition coefficient (Wildman–Crippen LogP) is 2.26. The van der Waals surface area contributed by atoms with E-state index in [1.165, 1.54) is 0 Å². The van der Waals surface area contributed by atoms with Crippen molar-refractivity contribution in [2.24, 2.45) is 5.92 Å². The monoisotopic (exact) mass is 238 g/mol. The molecule has 0 saturated carbocycles. The third-order valence-electron chi connectivity index (χ3n) is 3.10. The molecule has 96 valence electrons. The van der Waals surface area contributed by atoms with E-state index >= 15 is 0 Å². The molecule has 0 aromatic carbocycles. The molecular formula is C11H21F3N2. The van der Waals surface area contributed by atoms with E-state index in [2.05, 4.69) is 10.2 Å². The molecule has 0 bridgehead atoms. The zero-order valence-corrected chi connectivity index (χ0v) is 10.1. The van der Waals surface area contributed by atoms with Crippen molar-refractivity contribution in [3.63, 3.8) is 0 Å². The molecule has 0 amide bonds. The zero-order chi connectivity index (χ0) is 12.3. The number of alkyl halides is 3. The Morgan fingerprint density at radius 3 is 2.06 bits per heavy atom. The highest BCUT2D eigenvalue weighted by Gasteiger charge is 2.45. The number of hydrogen-bond acceptors (Lipinski definition) is 2. The third-order valence-corrected chi connectivity index (χ3v) is 3.10. The van der Waals surface area contributed by atoms with E-state index in [9.17, 15) is 13.2 Å². The smallest absolute Gasteiger partial charge is 0.306 e. The molecule has 0 radical (unpaired) electrons. The summed E-state index contributed by atoms with van der Waals surface area (Å²) in [7, 11) is 1.95. The summed E-state index contributed by atoms with van der Waals surface area (Å²) < 4.78 is 38.7. The van der Waals surface area contributed by atoms with Crippen LogP contribution in [0, 0.1) is 5.92 Å². The average Bonchev–Trinajstić information content (AvgIpc) is 2.14. The van der Waals surface area contributed by atoms with Crippen LogP contribution in [-0.4, -0.2) is 43.3 Å². The average molecular weight is 238 g/mol. The first-order valence-electron chi connectivity index (χ1n) is 5.82. The zero-order valence-electron chi connectivity index (χ0n) is 10.1. The maximum absolute atomic E-state index is 12.9. The van der Waals surface area contributed by atoms with Gasteiger partial charge in [0.2, 0.25) is 0 Å². The maximum atomic E-state index is 12.9. The molecular weight excluding hydrogens is 217 g/mol. The third kappa shape index (κ3) is 3.94. The lowest BCUT2D eigenvalue weighted by molar-refractivity contribution is -0.172. The van der Waals surface area contributed by atoms with E-state index in [-0.39, 0.29) is 12.0 Å². The molecule has 1 fully saturated rings. The van der Waals surface area contributed by atoms with Crippen molar-refractivity contribution >= 4 is 0 Å². The molecule has 5 heteroatoms. The van der Waals surface area contributed by atoms with Gasteiger partial charge in [-0.25, -0.2) is 0 Å². The Hall–Kier alpha value is -0.290. The normalized spacial score (nSPS) is 22.7. The van der Waals surface area contributed by atoms with E-state index in [1.54, 1.807) is 13.8 Å². The number of piperidine rings is 1. The van der Waals surface area contributed by atoms with Gasteiger partial charge in [0.1, 0.15) is 6.04 Å². The molecule has 1 N–H and O–H groups in total. The van der Waals surface area contributed by atoms with Crippen LogP contribution in [0.5, 0.6) is 0 Å². The second kappa shape index (κ2) is 5.36. The van der Waals surface area contributed by atoms with Crippen LogP contribution in [0.25, 0.3) is 0 Å². The molecule has 0 aliphatic carbocycles. The van der Waals surface area contributed by atoms with Gasteiger partial charge in [0.15, 0.2) is 0 Å². The van der Waals surface area contributed by atoms with Crippen LogP contribution in [0.15, 0.2) is 0 Å². The summed E-state index contributed by atoms with van der Waals surface area (Å²) in [6.07, 6.45) is -2.88. The van der Waals surface area contributed by atoms with Crippen molar-refractivity contribution < 1.29 is 13.2 Å². The molecule has 16 heavy (non-hydrogen) atoms. The first-order valence-corrected chi connectivity index (χ1v) is 5.82. The summed E-state index contributed by atoms with van der Waals surface area (Å²) in [4.78, 5) is 2.08. The van der Waals surface area contributed by atoms with E-state index in [0.29, 0.717) is 12.8 Å². The van der Waals surface area contributed by atoms with Gasteiger partial charge in [-0.15, -0.1) is 0 Å². The molecule has 1 saturated heterocycles. The van der Waals surface area contributed by atoms with Gasteiger partial charge >= 0.3 is 6.18 Å². The lowest BCUT2D eigenvalue weighted by atomic mass is 9.88. The fraction of sp³-hybridized carbons (Fsp3) is 1.00. The van der Waals surface area contributed by atoms with E-state index in [4.69, 9.17) is 0 Å². The van der Waals surface area contributed by atoms with Gasteiger partial charge in [-0.2, -0.15) is 13.2 Å². The fourth-order valence-corrected chi connectivity index (χ4v) is 2.22. The topological polar surface area (TPSA) is 15.3 Å². The van der Waals surface area contributed by atoms with E-state index < -0.39 is 12.2 Å². The van der Waals surface area contributed by atoms with Crippen LogP contribution in [-0.2, 0) is 0 Å². The Balaban J connectivity index is 2.62. The number of nitrogens with one attached hydrogen (secondary N) is 1. The minimum Gasteiger partial charge on any atom is -0.306 e. The Morgan fingerprint density at radius 2 is 1.69 bits per heavy atom. The fourth-order valence-electron chi connectivity index (χ4n) is 2.22. The molecule has 0 aromatic rings. The standard InChI is InChI=1S/C11H21F3N2/c1-8(2)15-10(11(12,13)14)9-4-6-16(3)7-5-9/h8-10,15H,4-7H2,1-3H3. The van der Waals surface area contributed by atoms with Crippen LogP contribution < -0.4 is 5.32 Å². The first kappa shape index (κ1) is 13.8. The predicted molar refractivity (Wildman–Crippen MR) is 58.3 cm³/mol. The Labute approximate surface area is 95.2 Å². The Morgan fingerprint density at radius 1 is 1.19 bits per heavy atom. The highest BCUT2D eigenvalue weighted by molar-refractivity contribution is 4.87. The molecule has 0 aromatic heterocycles. The van der Waals surface area contributed by atoms with E-state index in [1.807, 2.05) is 7.05 Å². The van der Waals surface area contributed by atoms with Crippen molar-refractivity contribution in [2.45, 2.75) is 44.9 Å². The molecule has 1 rings (SSSR count). The summed E-state index contributed by atoms with van der Waals surface area (Å²) in [5, 5.41) is 2.66. The van der Waals surface area contributed by atoms with Gasteiger partial charge in [0.05, 0.1) is 0 Å². The largest absolute Gasteiger partial charge is 0.404 e. The molecule has 1 aliphatic heterocycles. The molecule has 1 heterocycles. The van der Waals surface area contributed by atoms with Crippen molar-refractivity contribution in [1.29, 1.82) is 0 Å². The molecule has 1 aliphatic rings. The molecule has 1 atom stereocenters. The van der Waals surface area contributed by atoms with Crippen LogP contribution in [0.4, 0.5) is 13.2 Å². The summed E-state index contributed by atoms with van der Waals surface area (Å²) in [6, 6.07) is -1.48. The Bertz CT molecular complexity index is 208. The van der Waals surface area contributed by atoms with Crippen LogP contribution in [0.1, 0.15) is 26.7 Å². The second-order valence-electron chi connectivity index (χ2n) is 4.98. The number of likely N-dealkylation sites (tertiary alicyclic amines) is 1. The number of rotatable bonds is 3. The highest BCUT2D eigenvalue weighted by Crippen LogP contribution is 2.31. The second-order valence-corrected chi connectivity index (χ2v) is 4.98. The van der Waals surface area contributed by atoms with Crippen molar-refractivity contribution in [1.82, 2.24) is 10.2 Å². The van der Waals surface area contributed by atoms with Crippen LogP contribution in [0.3, 0.4) is 0 Å². The molecule has 2 nitrogen and oxygen atoms in total. The number of nitrogens with zero attached hydrogens (tertiary/aromatic N) is 1. The lowest BCUT2D eigenvalue weighted by Crippen LogP contribution is -2.52. The Kier molecular flexibility index (Phi) is 4.62. The summed E-state index contributed by atoms with van der Waals surface area (Å²) >= 11 is 0.